The van der Waals surface area contributed by atoms with Gasteiger partial charge in [-0.05, 0) is 25.3 Å². The fraction of sp³-hybridized carbons (Fsp3) is 0.611. The summed E-state index contributed by atoms with van der Waals surface area (Å²) in [6, 6.07) is 9.38. The summed E-state index contributed by atoms with van der Waals surface area (Å²) in [5, 5.41) is 3.28. The van der Waals surface area contributed by atoms with Crippen LogP contribution in [0.4, 0.5) is 0 Å². The fourth-order valence-electron chi connectivity index (χ4n) is 3.68. The van der Waals surface area contributed by atoms with Gasteiger partial charge >= 0.3 is 0 Å². The molecule has 6 nitrogen and oxygen atoms in total. The topological polar surface area (TPSA) is 69.7 Å². The molecule has 1 N–H and O–H groups in total. The number of hydrogen-bond donors (Lipinski definition) is 1. The van der Waals surface area contributed by atoms with Gasteiger partial charge in [0.1, 0.15) is 0 Å². The second kappa shape index (κ2) is 9.17. The quantitative estimate of drug-likeness (QED) is 0.829. The molecule has 0 bridgehead atoms. The third-order valence-corrected chi connectivity index (χ3v) is 6.92. The maximum absolute atomic E-state index is 12.9. The van der Waals surface area contributed by atoms with E-state index in [1.54, 1.807) is 0 Å². The molecule has 146 valence electrons. The van der Waals surface area contributed by atoms with E-state index in [0.29, 0.717) is 19.6 Å². The van der Waals surface area contributed by atoms with Gasteiger partial charge in [-0.3, -0.25) is 4.79 Å². The second-order valence-corrected chi connectivity index (χ2v) is 8.99. The van der Waals surface area contributed by atoms with Crippen molar-refractivity contribution in [2.45, 2.75) is 31.6 Å². The van der Waals surface area contributed by atoms with Crippen molar-refractivity contribution in [3.8, 4) is 0 Å². The summed E-state index contributed by atoms with van der Waals surface area (Å²) in [5.74, 6) is -0.118. The normalized spacial score (nSPS) is 24.7. The van der Waals surface area contributed by atoms with E-state index in [0.717, 1.165) is 31.5 Å². The van der Waals surface area contributed by atoms with Crippen molar-refractivity contribution in [1.29, 1.82) is 0 Å². The highest BCUT2D eigenvalue weighted by Crippen LogP contribution is 2.24. The minimum absolute atomic E-state index is 0. The van der Waals surface area contributed by atoms with Crippen LogP contribution in [0.3, 0.4) is 0 Å². The van der Waals surface area contributed by atoms with Gasteiger partial charge in [0.2, 0.25) is 15.9 Å². The Morgan fingerprint density at radius 1 is 1.23 bits per heavy atom. The van der Waals surface area contributed by atoms with Gasteiger partial charge in [-0.15, -0.1) is 12.4 Å². The van der Waals surface area contributed by atoms with Crippen LogP contribution < -0.4 is 5.32 Å². The number of carbonyl (C=O) groups excluding carboxylic acids is 1. The number of amides is 1. The van der Waals surface area contributed by atoms with Gasteiger partial charge < -0.3 is 10.2 Å². The monoisotopic (exact) mass is 401 g/mol. The van der Waals surface area contributed by atoms with Crippen LogP contribution in [0.15, 0.2) is 30.3 Å². The van der Waals surface area contributed by atoms with E-state index in [2.05, 4.69) is 5.32 Å². The van der Waals surface area contributed by atoms with Crippen molar-refractivity contribution >= 4 is 28.3 Å². The lowest BCUT2D eigenvalue weighted by Crippen LogP contribution is -2.56. The minimum Gasteiger partial charge on any atom is -0.337 e. The van der Waals surface area contributed by atoms with Crippen molar-refractivity contribution in [3.05, 3.63) is 35.9 Å². The molecule has 2 atom stereocenters. The van der Waals surface area contributed by atoms with Gasteiger partial charge in [0.25, 0.3) is 0 Å². The number of nitrogens with one attached hydrogen (secondary N) is 1. The molecule has 0 aliphatic carbocycles. The van der Waals surface area contributed by atoms with Crippen LogP contribution in [-0.2, 0) is 20.6 Å². The summed E-state index contributed by atoms with van der Waals surface area (Å²) >= 11 is 0. The smallest absolute Gasteiger partial charge is 0.227 e. The molecule has 1 unspecified atom stereocenters. The maximum atomic E-state index is 12.9. The van der Waals surface area contributed by atoms with Crippen LogP contribution in [0.5, 0.6) is 0 Å². The van der Waals surface area contributed by atoms with Gasteiger partial charge in [-0.2, -0.15) is 0 Å². The van der Waals surface area contributed by atoms with Crippen molar-refractivity contribution < 1.29 is 13.2 Å². The van der Waals surface area contributed by atoms with E-state index in [1.165, 1.54) is 4.31 Å². The Morgan fingerprint density at radius 3 is 2.65 bits per heavy atom. The average molecular weight is 402 g/mol. The molecule has 0 spiro atoms. The van der Waals surface area contributed by atoms with Crippen LogP contribution in [0.1, 0.15) is 25.3 Å². The second-order valence-electron chi connectivity index (χ2n) is 7.02. The molecule has 1 aromatic rings. The Labute approximate surface area is 162 Å². The zero-order chi connectivity index (χ0) is 17.9. The SMILES string of the molecule is C[C@@H]1CNCCN1C(=O)C1CCCN(S(=O)(=O)Cc2ccccc2)C1.Cl. The summed E-state index contributed by atoms with van der Waals surface area (Å²) in [6.45, 7) is 5.16. The van der Waals surface area contributed by atoms with E-state index in [4.69, 9.17) is 0 Å². The molecule has 2 aliphatic rings. The Kier molecular flexibility index (Phi) is 7.46. The molecule has 1 aromatic carbocycles. The van der Waals surface area contributed by atoms with E-state index >= 15 is 0 Å². The molecule has 8 heteroatoms. The Hall–Kier alpha value is -1.15. The molecule has 3 rings (SSSR count). The van der Waals surface area contributed by atoms with Gasteiger partial charge in [0.15, 0.2) is 0 Å². The van der Waals surface area contributed by atoms with E-state index in [-0.39, 0.29) is 36.0 Å². The highest BCUT2D eigenvalue weighted by molar-refractivity contribution is 7.88. The molecule has 2 aliphatic heterocycles. The van der Waals surface area contributed by atoms with E-state index in [1.807, 2.05) is 42.2 Å². The van der Waals surface area contributed by atoms with Crippen molar-refractivity contribution in [1.82, 2.24) is 14.5 Å². The van der Waals surface area contributed by atoms with Gasteiger partial charge in [0, 0.05) is 38.8 Å². The van der Waals surface area contributed by atoms with Crippen LogP contribution in [0.2, 0.25) is 0 Å². The lowest BCUT2D eigenvalue weighted by molar-refractivity contribution is -0.139. The number of carbonyl (C=O) groups is 1. The maximum Gasteiger partial charge on any atom is 0.227 e. The molecule has 0 radical (unpaired) electrons. The molecule has 1 amide bonds. The highest BCUT2D eigenvalue weighted by Gasteiger charge is 2.35. The summed E-state index contributed by atoms with van der Waals surface area (Å²) in [7, 11) is -3.40. The largest absolute Gasteiger partial charge is 0.337 e. The zero-order valence-corrected chi connectivity index (χ0v) is 16.8. The van der Waals surface area contributed by atoms with Crippen LogP contribution >= 0.6 is 12.4 Å². The van der Waals surface area contributed by atoms with Crippen molar-refractivity contribution in [3.63, 3.8) is 0 Å². The summed E-state index contributed by atoms with van der Waals surface area (Å²) in [6.07, 6.45) is 1.51. The summed E-state index contributed by atoms with van der Waals surface area (Å²) in [5.41, 5.74) is 0.784. The molecule has 2 fully saturated rings. The molecule has 2 heterocycles. The lowest BCUT2D eigenvalue weighted by atomic mass is 9.97. The third kappa shape index (κ3) is 4.97. The lowest BCUT2D eigenvalue weighted by Gasteiger charge is -2.39. The predicted molar refractivity (Wildman–Crippen MR) is 105 cm³/mol. The summed E-state index contributed by atoms with van der Waals surface area (Å²) in [4.78, 5) is 14.8. The van der Waals surface area contributed by atoms with Gasteiger partial charge in [-0.25, -0.2) is 12.7 Å². The first-order chi connectivity index (χ1) is 12.0. The predicted octanol–water partition coefficient (Wildman–Crippen LogP) is 1.47. The first kappa shape index (κ1) is 21.2. The summed E-state index contributed by atoms with van der Waals surface area (Å²) < 4.78 is 27.0. The first-order valence-corrected chi connectivity index (χ1v) is 10.6. The number of halogens is 1. The fourth-order valence-corrected chi connectivity index (χ4v) is 5.29. The number of hydrogen-bond acceptors (Lipinski definition) is 4. The number of piperidine rings is 1. The number of sulfonamides is 1. The molecule has 0 aromatic heterocycles. The molecule has 0 saturated carbocycles. The Bertz CT molecular complexity index is 699. The van der Waals surface area contributed by atoms with Crippen molar-refractivity contribution in [2.24, 2.45) is 5.92 Å². The number of nitrogens with zero attached hydrogens (tertiary/aromatic N) is 2. The van der Waals surface area contributed by atoms with Crippen LogP contribution in [0.25, 0.3) is 0 Å². The Morgan fingerprint density at radius 2 is 1.96 bits per heavy atom. The van der Waals surface area contributed by atoms with E-state index < -0.39 is 10.0 Å². The Balaban J connectivity index is 0.00000243. The molecular formula is C18H28ClN3O3S. The van der Waals surface area contributed by atoms with Crippen LogP contribution in [0, 0.1) is 5.92 Å². The van der Waals surface area contributed by atoms with E-state index in [9.17, 15) is 13.2 Å². The van der Waals surface area contributed by atoms with Crippen LogP contribution in [-0.4, -0.2) is 62.3 Å². The minimum atomic E-state index is -3.40. The number of rotatable bonds is 4. The third-order valence-electron chi connectivity index (χ3n) is 5.10. The van der Waals surface area contributed by atoms with Crippen molar-refractivity contribution in [2.75, 3.05) is 32.7 Å². The zero-order valence-electron chi connectivity index (χ0n) is 15.1. The standard InChI is InChI=1S/C18H27N3O3S.ClH/c1-15-12-19-9-11-21(15)18(22)17-8-5-10-20(13-17)25(23,24)14-16-6-3-2-4-7-16;/h2-4,6-7,15,17,19H,5,8-14H2,1H3;1H/t15-,17?;/m1./s1. The average Bonchev–Trinajstić information content (AvgIpc) is 2.62. The van der Waals surface area contributed by atoms with Gasteiger partial charge in [0.05, 0.1) is 11.7 Å². The van der Waals surface area contributed by atoms with Gasteiger partial charge in [-0.1, -0.05) is 30.3 Å². The first-order valence-electron chi connectivity index (χ1n) is 9.00. The molecule has 26 heavy (non-hydrogen) atoms. The number of benzene rings is 1. The number of piperazine rings is 1. The molecular weight excluding hydrogens is 374 g/mol. The molecule has 2 saturated heterocycles. The highest BCUT2D eigenvalue weighted by atomic mass is 35.5.